The molecule has 0 aromatic heterocycles. The average molecular weight is 456 g/mol. The molecule has 1 saturated carbocycles. The Kier molecular flexibility index (Phi) is 6.38. The Morgan fingerprint density at radius 2 is 1.53 bits per heavy atom. The third-order valence-corrected chi connectivity index (χ3v) is 7.84. The Hall–Kier alpha value is -3.17. The van der Waals surface area contributed by atoms with E-state index in [4.69, 9.17) is 4.99 Å². The number of nitrogens with one attached hydrogen (secondary N) is 1. The first-order chi connectivity index (χ1) is 16.6. The number of piperazine rings is 1. The second-order valence-corrected chi connectivity index (χ2v) is 10.0. The van der Waals surface area contributed by atoms with E-state index in [0.717, 1.165) is 51.9 Å². The molecule has 34 heavy (non-hydrogen) atoms. The maximum Gasteiger partial charge on any atom is 0.246 e. The van der Waals surface area contributed by atoms with E-state index in [-0.39, 0.29) is 11.9 Å². The van der Waals surface area contributed by atoms with Crippen LogP contribution in [-0.2, 0) is 4.79 Å². The monoisotopic (exact) mass is 455 g/mol. The van der Waals surface area contributed by atoms with E-state index in [2.05, 4.69) is 88.8 Å². The van der Waals surface area contributed by atoms with E-state index in [1.165, 1.54) is 11.1 Å². The molecule has 2 aromatic rings. The maximum atomic E-state index is 12.9. The van der Waals surface area contributed by atoms with Crippen LogP contribution in [0.4, 0.5) is 0 Å². The molecule has 1 saturated heterocycles. The van der Waals surface area contributed by atoms with Crippen LogP contribution >= 0.6 is 0 Å². The van der Waals surface area contributed by atoms with Crippen LogP contribution < -0.4 is 5.32 Å². The van der Waals surface area contributed by atoms with Crippen molar-refractivity contribution in [3.05, 3.63) is 71.8 Å². The summed E-state index contributed by atoms with van der Waals surface area (Å²) in [6, 6.07) is 23.8. The summed E-state index contributed by atoms with van der Waals surface area (Å²) in [6.45, 7) is 5.57. The van der Waals surface area contributed by atoms with Gasteiger partial charge in [0.05, 0.1) is 17.6 Å². The molecule has 2 heterocycles. The highest BCUT2D eigenvalue weighted by molar-refractivity contribution is 6.02. The number of carbonyl (C=O) groups is 1. The Balaban J connectivity index is 1.35. The predicted octanol–water partition coefficient (Wildman–Crippen LogP) is 3.97. The molecule has 2 aromatic carbocycles. The van der Waals surface area contributed by atoms with Crippen molar-refractivity contribution in [1.82, 2.24) is 15.1 Å². The lowest BCUT2D eigenvalue weighted by molar-refractivity contribution is -0.125. The van der Waals surface area contributed by atoms with Crippen LogP contribution in [0.2, 0.25) is 0 Å². The SMILES string of the molecule is CC1CCC2(CC1)N=C(N1CCN(C(c3ccccc3)c3ccccc3)CC1)NC(=O)C2C#N. The third-order valence-electron chi connectivity index (χ3n) is 7.84. The normalized spacial score (nSPS) is 27.9. The fourth-order valence-electron chi connectivity index (χ4n) is 5.80. The van der Waals surface area contributed by atoms with E-state index in [9.17, 15) is 10.1 Å². The standard InChI is InChI=1S/C28H33N5O/c1-21-12-14-28(15-13-21)24(20-29)26(34)30-27(31-28)33-18-16-32(17-19-33)25(22-8-4-2-5-9-22)23-10-6-3-7-11-23/h2-11,21,24-25H,12-19H2,1H3,(H,30,31,34). The molecule has 1 atom stereocenters. The van der Waals surface area contributed by atoms with Gasteiger partial charge in [-0.25, -0.2) is 4.99 Å². The van der Waals surface area contributed by atoms with Crippen molar-refractivity contribution in [2.75, 3.05) is 26.2 Å². The van der Waals surface area contributed by atoms with E-state index in [1.54, 1.807) is 0 Å². The molecule has 2 aliphatic heterocycles. The Bertz CT molecular complexity index is 1020. The van der Waals surface area contributed by atoms with Crippen LogP contribution in [0.15, 0.2) is 65.7 Å². The number of guanidine groups is 1. The molecule has 6 nitrogen and oxygen atoms in total. The number of rotatable bonds is 3. The Morgan fingerprint density at radius 3 is 2.06 bits per heavy atom. The molecule has 176 valence electrons. The number of amides is 1. The van der Waals surface area contributed by atoms with Crippen LogP contribution in [0, 0.1) is 23.2 Å². The van der Waals surface area contributed by atoms with Gasteiger partial charge in [-0.2, -0.15) is 5.26 Å². The van der Waals surface area contributed by atoms with E-state index in [1.807, 2.05) is 0 Å². The van der Waals surface area contributed by atoms with Gasteiger partial charge in [0, 0.05) is 26.2 Å². The van der Waals surface area contributed by atoms with Crippen molar-refractivity contribution in [3.63, 3.8) is 0 Å². The van der Waals surface area contributed by atoms with E-state index < -0.39 is 11.5 Å². The van der Waals surface area contributed by atoms with Crippen LogP contribution in [0.3, 0.4) is 0 Å². The highest BCUT2D eigenvalue weighted by atomic mass is 16.2. The van der Waals surface area contributed by atoms with Crippen LogP contribution in [0.1, 0.15) is 49.8 Å². The minimum absolute atomic E-state index is 0.184. The lowest BCUT2D eigenvalue weighted by Gasteiger charge is -2.45. The smallest absolute Gasteiger partial charge is 0.246 e. The zero-order chi connectivity index (χ0) is 23.5. The van der Waals surface area contributed by atoms with Gasteiger partial charge in [-0.1, -0.05) is 67.6 Å². The largest absolute Gasteiger partial charge is 0.340 e. The molecule has 1 spiro atoms. The molecular formula is C28H33N5O. The van der Waals surface area contributed by atoms with E-state index in [0.29, 0.717) is 11.9 Å². The number of hydrogen-bond acceptors (Lipinski definition) is 5. The summed E-state index contributed by atoms with van der Waals surface area (Å²) >= 11 is 0. The highest BCUT2D eigenvalue weighted by Crippen LogP contribution is 2.42. The number of hydrogen-bond donors (Lipinski definition) is 1. The summed E-state index contributed by atoms with van der Waals surface area (Å²) in [5.41, 5.74) is 2.02. The zero-order valence-corrected chi connectivity index (χ0v) is 19.9. The van der Waals surface area contributed by atoms with Gasteiger partial charge < -0.3 is 4.90 Å². The summed E-state index contributed by atoms with van der Waals surface area (Å²) in [5, 5.41) is 12.7. The lowest BCUT2D eigenvalue weighted by atomic mass is 9.70. The number of nitriles is 1. The lowest BCUT2D eigenvalue weighted by Crippen LogP contribution is -2.61. The van der Waals surface area contributed by atoms with Gasteiger partial charge >= 0.3 is 0 Å². The van der Waals surface area contributed by atoms with Crippen molar-refractivity contribution in [2.45, 2.75) is 44.2 Å². The maximum absolute atomic E-state index is 12.9. The van der Waals surface area contributed by atoms with Crippen LogP contribution in [0.5, 0.6) is 0 Å². The van der Waals surface area contributed by atoms with Gasteiger partial charge in [0.1, 0.15) is 0 Å². The van der Waals surface area contributed by atoms with E-state index >= 15 is 0 Å². The van der Waals surface area contributed by atoms with Gasteiger partial charge in [0.2, 0.25) is 11.9 Å². The van der Waals surface area contributed by atoms with Crippen LogP contribution in [-0.4, -0.2) is 53.4 Å². The molecular weight excluding hydrogens is 422 g/mol. The summed E-state index contributed by atoms with van der Waals surface area (Å²) in [6.07, 6.45) is 3.67. The average Bonchev–Trinajstić information content (AvgIpc) is 2.88. The fourth-order valence-corrected chi connectivity index (χ4v) is 5.80. The van der Waals surface area contributed by atoms with Gasteiger partial charge in [-0.3, -0.25) is 15.0 Å². The summed E-state index contributed by atoms with van der Waals surface area (Å²) in [4.78, 5) is 22.7. The first kappa shape index (κ1) is 22.6. The second-order valence-electron chi connectivity index (χ2n) is 10.0. The van der Waals surface area contributed by atoms with Gasteiger partial charge in [-0.15, -0.1) is 0 Å². The Morgan fingerprint density at radius 1 is 0.971 bits per heavy atom. The molecule has 1 unspecified atom stereocenters. The topological polar surface area (TPSA) is 71.7 Å². The summed E-state index contributed by atoms with van der Waals surface area (Å²) in [5.74, 6) is 0.424. The molecule has 1 amide bonds. The van der Waals surface area contributed by atoms with Crippen LogP contribution in [0.25, 0.3) is 0 Å². The molecule has 0 radical (unpaired) electrons. The van der Waals surface area contributed by atoms with Gasteiger partial charge in [0.25, 0.3) is 0 Å². The second kappa shape index (κ2) is 9.60. The molecule has 3 aliphatic rings. The zero-order valence-electron chi connectivity index (χ0n) is 19.9. The minimum atomic E-state index is -0.689. The molecule has 2 fully saturated rings. The molecule has 5 rings (SSSR count). The molecule has 1 N–H and O–H groups in total. The summed E-state index contributed by atoms with van der Waals surface area (Å²) in [7, 11) is 0. The first-order valence-electron chi connectivity index (χ1n) is 12.5. The molecule has 6 heteroatoms. The van der Waals surface area contributed by atoms with Crippen molar-refractivity contribution in [3.8, 4) is 6.07 Å². The van der Waals surface area contributed by atoms with Gasteiger partial charge in [-0.05, 0) is 42.7 Å². The van der Waals surface area contributed by atoms with Crippen molar-refractivity contribution in [1.29, 1.82) is 5.26 Å². The number of aliphatic imine (C=N–C) groups is 1. The Labute approximate surface area is 202 Å². The summed E-state index contributed by atoms with van der Waals surface area (Å²) < 4.78 is 0. The van der Waals surface area contributed by atoms with Gasteiger partial charge in [0.15, 0.2) is 5.92 Å². The quantitative estimate of drug-likeness (QED) is 0.760. The number of carbonyl (C=O) groups excluding carboxylic acids is 1. The third kappa shape index (κ3) is 4.33. The molecule has 0 bridgehead atoms. The van der Waals surface area contributed by atoms with Crippen molar-refractivity contribution >= 4 is 11.9 Å². The fraction of sp³-hybridized carbons (Fsp3) is 0.464. The molecule has 1 aliphatic carbocycles. The number of nitrogens with zero attached hydrogens (tertiary/aromatic N) is 4. The van der Waals surface area contributed by atoms with Crippen molar-refractivity contribution in [2.24, 2.45) is 16.8 Å². The predicted molar refractivity (Wildman–Crippen MR) is 133 cm³/mol. The highest BCUT2D eigenvalue weighted by Gasteiger charge is 2.49. The minimum Gasteiger partial charge on any atom is -0.340 e. The number of benzene rings is 2. The first-order valence-corrected chi connectivity index (χ1v) is 12.5. The van der Waals surface area contributed by atoms with Crippen molar-refractivity contribution < 1.29 is 4.79 Å².